The number of piperidine rings is 1. The van der Waals surface area contributed by atoms with Gasteiger partial charge in [0, 0.05) is 31.6 Å². The zero-order valence-corrected chi connectivity index (χ0v) is 12.8. The highest BCUT2D eigenvalue weighted by atomic mass is 16.5. The monoisotopic (exact) mass is 291 g/mol. The van der Waals surface area contributed by atoms with Gasteiger partial charge in [0.25, 0.3) is 0 Å². The molecule has 0 radical (unpaired) electrons. The van der Waals surface area contributed by atoms with Crippen molar-refractivity contribution in [2.75, 3.05) is 26.2 Å². The summed E-state index contributed by atoms with van der Waals surface area (Å²) in [7, 11) is 0. The molecule has 1 aliphatic rings. The molecule has 0 spiro atoms. The molecule has 0 atom stereocenters. The van der Waals surface area contributed by atoms with Crippen LogP contribution >= 0.6 is 0 Å². The second-order valence-corrected chi connectivity index (χ2v) is 5.58. The number of Topliss-reactive ketones (excluding diaryl/α,β-unsaturated/α-hetero) is 1. The Morgan fingerprint density at radius 1 is 1.29 bits per heavy atom. The van der Waals surface area contributed by atoms with Gasteiger partial charge in [-0.25, -0.2) is 0 Å². The molecular formula is C17H25NO3. The molecular weight excluding hydrogens is 266 g/mol. The summed E-state index contributed by atoms with van der Waals surface area (Å²) < 4.78 is 5.70. The fourth-order valence-electron chi connectivity index (χ4n) is 2.56. The van der Waals surface area contributed by atoms with Crippen LogP contribution in [-0.2, 0) is 0 Å². The average Bonchev–Trinajstić information content (AvgIpc) is 2.53. The van der Waals surface area contributed by atoms with Gasteiger partial charge in [0.05, 0.1) is 12.7 Å². The molecule has 4 nitrogen and oxygen atoms in total. The van der Waals surface area contributed by atoms with E-state index in [4.69, 9.17) is 4.74 Å². The topological polar surface area (TPSA) is 49.8 Å². The number of aliphatic hydroxyl groups is 1. The van der Waals surface area contributed by atoms with Gasteiger partial charge in [0.15, 0.2) is 5.78 Å². The van der Waals surface area contributed by atoms with Gasteiger partial charge < -0.3 is 14.7 Å². The van der Waals surface area contributed by atoms with E-state index in [0.717, 1.165) is 50.2 Å². The van der Waals surface area contributed by atoms with Crippen LogP contribution in [0.5, 0.6) is 5.75 Å². The van der Waals surface area contributed by atoms with Crippen molar-refractivity contribution in [3.63, 3.8) is 0 Å². The first-order valence-electron chi connectivity index (χ1n) is 7.85. The lowest BCUT2D eigenvalue weighted by Gasteiger charge is -2.29. The Kier molecular flexibility index (Phi) is 6.21. The van der Waals surface area contributed by atoms with Crippen LogP contribution in [0, 0.1) is 0 Å². The van der Waals surface area contributed by atoms with E-state index in [2.05, 4.69) is 4.90 Å². The van der Waals surface area contributed by atoms with E-state index in [1.165, 1.54) is 0 Å². The van der Waals surface area contributed by atoms with E-state index < -0.39 is 0 Å². The van der Waals surface area contributed by atoms with E-state index in [0.29, 0.717) is 13.0 Å². The fourth-order valence-corrected chi connectivity index (χ4v) is 2.56. The van der Waals surface area contributed by atoms with Gasteiger partial charge in [0.1, 0.15) is 5.75 Å². The smallest absolute Gasteiger partial charge is 0.162 e. The van der Waals surface area contributed by atoms with E-state index in [1.807, 2.05) is 31.2 Å². The van der Waals surface area contributed by atoms with Crippen molar-refractivity contribution in [3.8, 4) is 5.75 Å². The number of likely N-dealkylation sites (tertiary alicyclic amines) is 1. The van der Waals surface area contributed by atoms with Crippen LogP contribution in [0.25, 0.3) is 0 Å². The first-order valence-corrected chi connectivity index (χ1v) is 7.85. The summed E-state index contributed by atoms with van der Waals surface area (Å²) in [5.74, 6) is 0.977. The molecule has 1 N–H and O–H groups in total. The molecule has 0 saturated carbocycles. The molecule has 4 heteroatoms. The standard InChI is InChI=1S/C17H25NO3/c1-2-17(20)14-4-6-16(7-5-14)21-13-3-10-18-11-8-15(19)9-12-18/h4-7,15,19H,2-3,8-13H2,1H3. The number of hydrogen-bond donors (Lipinski definition) is 1. The van der Waals surface area contributed by atoms with Crippen LogP contribution in [0.1, 0.15) is 43.0 Å². The second-order valence-electron chi connectivity index (χ2n) is 5.58. The Hall–Kier alpha value is -1.39. The van der Waals surface area contributed by atoms with Crippen molar-refractivity contribution < 1.29 is 14.6 Å². The number of ether oxygens (including phenoxy) is 1. The van der Waals surface area contributed by atoms with Crippen LogP contribution in [0.15, 0.2) is 24.3 Å². The maximum atomic E-state index is 11.5. The van der Waals surface area contributed by atoms with Gasteiger partial charge in [0.2, 0.25) is 0 Å². The molecule has 2 rings (SSSR count). The number of nitrogens with zero attached hydrogens (tertiary/aromatic N) is 1. The largest absolute Gasteiger partial charge is 0.494 e. The summed E-state index contributed by atoms with van der Waals surface area (Å²) in [5, 5.41) is 9.45. The maximum Gasteiger partial charge on any atom is 0.162 e. The lowest BCUT2D eigenvalue weighted by molar-refractivity contribution is 0.0800. The zero-order chi connectivity index (χ0) is 15.1. The Morgan fingerprint density at radius 2 is 1.95 bits per heavy atom. The molecule has 0 unspecified atom stereocenters. The first-order chi connectivity index (χ1) is 10.2. The number of carbonyl (C=O) groups is 1. The minimum absolute atomic E-state index is 0.109. The van der Waals surface area contributed by atoms with Gasteiger partial charge in [-0.2, -0.15) is 0 Å². The zero-order valence-electron chi connectivity index (χ0n) is 12.8. The normalized spacial score (nSPS) is 16.9. The third-order valence-electron chi connectivity index (χ3n) is 3.94. The molecule has 1 saturated heterocycles. The Balaban J connectivity index is 1.65. The summed E-state index contributed by atoms with van der Waals surface area (Å²) in [6.45, 7) is 5.52. The fraction of sp³-hybridized carbons (Fsp3) is 0.588. The minimum Gasteiger partial charge on any atom is -0.494 e. The van der Waals surface area contributed by atoms with Crippen molar-refractivity contribution in [2.24, 2.45) is 0 Å². The Bertz CT molecular complexity index is 436. The predicted octanol–water partition coefficient (Wildman–Crippen LogP) is 2.50. The van der Waals surface area contributed by atoms with Crippen molar-refractivity contribution in [1.29, 1.82) is 0 Å². The van der Waals surface area contributed by atoms with Crippen LogP contribution in [0.3, 0.4) is 0 Å². The van der Waals surface area contributed by atoms with E-state index in [-0.39, 0.29) is 11.9 Å². The highest BCUT2D eigenvalue weighted by Crippen LogP contribution is 2.14. The SMILES string of the molecule is CCC(=O)c1ccc(OCCCN2CCC(O)CC2)cc1. The molecule has 0 bridgehead atoms. The third kappa shape index (κ3) is 5.14. The molecule has 1 aromatic carbocycles. The van der Waals surface area contributed by atoms with Crippen molar-refractivity contribution >= 4 is 5.78 Å². The Labute approximate surface area is 126 Å². The Morgan fingerprint density at radius 3 is 2.57 bits per heavy atom. The summed E-state index contributed by atoms with van der Waals surface area (Å²) in [4.78, 5) is 13.9. The number of ketones is 1. The number of aliphatic hydroxyl groups excluding tert-OH is 1. The van der Waals surface area contributed by atoms with E-state index >= 15 is 0 Å². The number of benzene rings is 1. The second kappa shape index (κ2) is 8.15. The van der Waals surface area contributed by atoms with Gasteiger partial charge >= 0.3 is 0 Å². The maximum absolute atomic E-state index is 11.5. The third-order valence-corrected chi connectivity index (χ3v) is 3.94. The molecule has 1 aliphatic heterocycles. The molecule has 116 valence electrons. The molecule has 0 aliphatic carbocycles. The average molecular weight is 291 g/mol. The van der Waals surface area contributed by atoms with Crippen LogP contribution in [0.2, 0.25) is 0 Å². The predicted molar refractivity (Wildman–Crippen MR) is 82.9 cm³/mol. The van der Waals surface area contributed by atoms with Gasteiger partial charge in [-0.1, -0.05) is 6.92 Å². The molecule has 1 aromatic rings. The summed E-state index contributed by atoms with van der Waals surface area (Å²) in [6.07, 6.45) is 3.17. The van der Waals surface area contributed by atoms with Crippen molar-refractivity contribution in [2.45, 2.75) is 38.7 Å². The van der Waals surface area contributed by atoms with E-state index in [1.54, 1.807) is 0 Å². The lowest BCUT2D eigenvalue weighted by atomic mass is 10.1. The molecule has 0 aromatic heterocycles. The number of rotatable bonds is 7. The van der Waals surface area contributed by atoms with Crippen molar-refractivity contribution in [1.82, 2.24) is 4.90 Å². The van der Waals surface area contributed by atoms with E-state index in [9.17, 15) is 9.90 Å². The first kappa shape index (κ1) is 16.0. The summed E-state index contributed by atoms with van der Waals surface area (Å²) in [6, 6.07) is 7.38. The van der Waals surface area contributed by atoms with Crippen molar-refractivity contribution in [3.05, 3.63) is 29.8 Å². The lowest BCUT2D eigenvalue weighted by Crippen LogP contribution is -2.36. The van der Waals surface area contributed by atoms with Gasteiger partial charge in [-0.05, 0) is 43.5 Å². The molecule has 21 heavy (non-hydrogen) atoms. The summed E-state index contributed by atoms with van der Waals surface area (Å²) >= 11 is 0. The van der Waals surface area contributed by atoms with Crippen LogP contribution < -0.4 is 4.74 Å². The number of hydrogen-bond acceptors (Lipinski definition) is 4. The molecule has 1 fully saturated rings. The minimum atomic E-state index is -0.109. The number of carbonyl (C=O) groups excluding carboxylic acids is 1. The highest BCUT2D eigenvalue weighted by Gasteiger charge is 2.16. The molecule has 1 heterocycles. The van der Waals surface area contributed by atoms with Crippen LogP contribution in [0.4, 0.5) is 0 Å². The summed E-state index contributed by atoms with van der Waals surface area (Å²) in [5.41, 5.74) is 0.747. The van der Waals surface area contributed by atoms with Gasteiger partial charge in [-0.15, -0.1) is 0 Å². The highest BCUT2D eigenvalue weighted by molar-refractivity contribution is 5.95. The van der Waals surface area contributed by atoms with Crippen LogP contribution in [-0.4, -0.2) is 48.1 Å². The quantitative estimate of drug-likeness (QED) is 0.619. The van der Waals surface area contributed by atoms with Gasteiger partial charge in [-0.3, -0.25) is 4.79 Å². The molecule has 0 amide bonds.